The molecular formula is C134H138. The van der Waals surface area contributed by atoms with Crippen molar-refractivity contribution < 1.29 is 0 Å². The maximum absolute atomic E-state index is 2.68. The molecule has 674 valence electrons. The minimum absolute atomic E-state index is 0.425. The number of unbranched alkanes of at least 4 members (excludes halogenated alkanes) is 6. The van der Waals surface area contributed by atoms with Crippen LogP contribution < -0.4 is 0 Å². The van der Waals surface area contributed by atoms with Crippen LogP contribution in [-0.4, -0.2) is 0 Å². The molecule has 14 aromatic rings. The fourth-order valence-electron chi connectivity index (χ4n) is 27.9. The van der Waals surface area contributed by atoms with Crippen molar-refractivity contribution in [3.63, 3.8) is 0 Å². The Morgan fingerprint density at radius 1 is 0.306 bits per heavy atom. The SMILES string of the molecule is CCCCC(CC)CC1=C2c3cc(C)ccc3-c3c2c(c(C)c2ccccc32)CC1.CCCCCCCCC1=C2c3cc(C)ccc3-c3c2c(c(C)c2ccccc32)CC1.Cc1ccc2c(c1)C1=C(c3ccccc3)CCc3c1c-2c1ccccc1c3C.Cc1ccc2c(c1)C1=CC3(CCCCC3)Cc3c(C)ccc-2c31.Cc1ccc2c(c1)C1=CCC3(CCCCC3)c3c(C)ccc-2c31. The first-order chi connectivity index (χ1) is 65.4. The zero-order valence-electron chi connectivity index (χ0n) is 82.7. The lowest BCUT2D eigenvalue weighted by molar-refractivity contribution is 0.254. The van der Waals surface area contributed by atoms with Gasteiger partial charge in [-0.25, -0.2) is 0 Å². The molecule has 1 atom stereocenters. The summed E-state index contributed by atoms with van der Waals surface area (Å²) in [5, 5.41) is 8.57. The van der Waals surface area contributed by atoms with Gasteiger partial charge in [0, 0.05) is 0 Å². The van der Waals surface area contributed by atoms with Crippen molar-refractivity contribution >= 4 is 65.8 Å². The Kier molecular flexibility index (Phi) is 23.6. The number of benzene rings is 14. The van der Waals surface area contributed by atoms with Gasteiger partial charge in [-0.2, -0.15) is 0 Å². The third-order valence-electron chi connectivity index (χ3n) is 34.6. The molecule has 0 heteroatoms. The molecular weight excluding hydrogens is 1610 g/mol. The summed E-state index contributed by atoms with van der Waals surface area (Å²) in [6, 6.07) is 82.8. The van der Waals surface area contributed by atoms with E-state index in [2.05, 4.69) is 321 Å². The molecule has 2 fully saturated rings. The molecule has 2 spiro atoms. The lowest BCUT2D eigenvalue weighted by Gasteiger charge is -2.42. The van der Waals surface area contributed by atoms with E-state index in [1.807, 2.05) is 0 Å². The highest BCUT2D eigenvalue weighted by atomic mass is 14.5. The molecule has 2 saturated carbocycles. The summed E-state index contributed by atoms with van der Waals surface area (Å²) in [7, 11) is 0. The smallest absolute Gasteiger partial charge is 0.000322 e. The van der Waals surface area contributed by atoms with Gasteiger partial charge >= 0.3 is 0 Å². The van der Waals surface area contributed by atoms with Gasteiger partial charge in [0.1, 0.15) is 0 Å². The first-order valence-electron chi connectivity index (χ1n) is 52.6. The highest BCUT2D eigenvalue weighted by molar-refractivity contribution is 6.20. The minimum Gasteiger partial charge on any atom is -0.0751 e. The second kappa shape index (κ2) is 36.0. The van der Waals surface area contributed by atoms with Gasteiger partial charge in [0.2, 0.25) is 0 Å². The van der Waals surface area contributed by atoms with E-state index in [-0.39, 0.29) is 0 Å². The molecule has 0 heterocycles. The lowest BCUT2D eigenvalue weighted by atomic mass is 9.62. The summed E-state index contributed by atoms with van der Waals surface area (Å²) >= 11 is 0. The topological polar surface area (TPSA) is 0 Å². The lowest BCUT2D eigenvalue weighted by Crippen LogP contribution is -2.32. The fourth-order valence-corrected chi connectivity index (χ4v) is 27.9. The van der Waals surface area contributed by atoms with E-state index >= 15 is 0 Å². The molecule has 12 aliphatic rings. The van der Waals surface area contributed by atoms with Crippen molar-refractivity contribution in [3.05, 3.63) is 386 Å². The van der Waals surface area contributed by atoms with E-state index in [1.54, 1.807) is 77.9 Å². The van der Waals surface area contributed by atoms with Crippen LogP contribution in [0.25, 0.3) is 121 Å². The Hall–Kier alpha value is -11.4. The van der Waals surface area contributed by atoms with Crippen molar-refractivity contribution in [2.75, 3.05) is 0 Å². The fraction of sp³-hybridized carbons (Fsp3) is 0.343. The largest absolute Gasteiger partial charge is 0.0751 e. The zero-order chi connectivity index (χ0) is 91.5. The van der Waals surface area contributed by atoms with Crippen LogP contribution in [0.2, 0.25) is 0 Å². The van der Waals surface area contributed by atoms with E-state index in [1.165, 1.54) is 379 Å². The van der Waals surface area contributed by atoms with Crippen molar-refractivity contribution in [1.82, 2.24) is 0 Å². The maximum Gasteiger partial charge on any atom is -0.000322 e. The first-order valence-corrected chi connectivity index (χ1v) is 52.6. The number of fused-ring (bicyclic) bond motifs is 22. The van der Waals surface area contributed by atoms with Gasteiger partial charge in [0.25, 0.3) is 0 Å². The Bertz CT molecular complexity index is 7300. The second-order valence-electron chi connectivity index (χ2n) is 43.0. The van der Waals surface area contributed by atoms with Gasteiger partial charge in [0.15, 0.2) is 0 Å². The Morgan fingerprint density at radius 2 is 0.731 bits per heavy atom. The van der Waals surface area contributed by atoms with E-state index < -0.39 is 0 Å². The van der Waals surface area contributed by atoms with E-state index in [0.717, 1.165) is 18.8 Å². The molecule has 12 aliphatic carbocycles. The van der Waals surface area contributed by atoms with Gasteiger partial charge in [-0.15, -0.1) is 0 Å². The van der Waals surface area contributed by atoms with Crippen molar-refractivity contribution in [1.29, 1.82) is 0 Å². The van der Waals surface area contributed by atoms with Crippen molar-refractivity contribution in [3.8, 4) is 55.6 Å². The maximum atomic E-state index is 2.68. The second-order valence-corrected chi connectivity index (χ2v) is 43.0. The highest BCUT2D eigenvalue weighted by Crippen LogP contribution is 2.63. The van der Waals surface area contributed by atoms with Crippen LogP contribution in [0, 0.1) is 80.6 Å². The van der Waals surface area contributed by atoms with Crippen molar-refractivity contribution in [2.24, 2.45) is 11.3 Å². The third kappa shape index (κ3) is 14.9. The third-order valence-corrected chi connectivity index (χ3v) is 34.6. The molecule has 0 radical (unpaired) electrons. The van der Waals surface area contributed by atoms with Crippen LogP contribution in [0.15, 0.2) is 242 Å². The molecule has 0 amide bonds. The van der Waals surface area contributed by atoms with Crippen molar-refractivity contribution in [2.45, 2.75) is 288 Å². The predicted molar refractivity (Wildman–Crippen MR) is 577 cm³/mol. The Morgan fingerprint density at radius 3 is 1.26 bits per heavy atom. The summed E-state index contributed by atoms with van der Waals surface area (Å²) < 4.78 is 0. The monoisotopic (exact) mass is 1750 g/mol. The summed E-state index contributed by atoms with van der Waals surface area (Å²) in [6.45, 7) is 29.8. The average molecular weight is 1750 g/mol. The molecule has 1 unspecified atom stereocenters. The number of allylic oxidation sites excluding steroid dienone is 5. The number of hydrogen-bond donors (Lipinski definition) is 0. The molecule has 0 N–H and O–H groups in total. The molecule has 0 aromatic heterocycles. The van der Waals surface area contributed by atoms with Gasteiger partial charge < -0.3 is 0 Å². The number of aryl methyl sites for hydroxylation is 10. The Labute approximate surface area is 801 Å². The van der Waals surface area contributed by atoms with E-state index in [0.29, 0.717) is 10.8 Å². The van der Waals surface area contributed by atoms with Crippen LogP contribution in [0.5, 0.6) is 0 Å². The molecule has 0 bridgehead atoms. The molecule has 0 nitrogen and oxygen atoms in total. The molecule has 0 aliphatic heterocycles. The van der Waals surface area contributed by atoms with E-state index in [9.17, 15) is 0 Å². The van der Waals surface area contributed by atoms with Crippen LogP contribution in [0.1, 0.15) is 332 Å². The molecule has 134 heavy (non-hydrogen) atoms. The minimum atomic E-state index is 0.425. The number of hydrogen-bond acceptors (Lipinski definition) is 0. The quantitative estimate of drug-likeness (QED) is 0.0952. The van der Waals surface area contributed by atoms with Gasteiger partial charge in [-0.05, 0) is 421 Å². The Balaban J connectivity index is 0.0000000978. The molecule has 0 saturated heterocycles. The van der Waals surface area contributed by atoms with Gasteiger partial charge in [-0.1, -0.05) is 387 Å². The molecule has 26 rings (SSSR count). The summed E-state index contributed by atoms with van der Waals surface area (Å²) in [5.74, 6) is 0.827. The zero-order valence-corrected chi connectivity index (χ0v) is 82.7. The number of rotatable bonds is 14. The predicted octanol–water partition coefficient (Wildman–Crippen LogP) is 37.6. The first kappa shape index (κ1) is 87.9. The highest BCUT2D eigenvalue weighted by Gasteiger charge is 2.45. The van der Waals surface area contributed by atoms with Crippen LogP contribution in [0.3, 0.4) is 0 Å². The van der Waals surface area contributed by atoms with Crippen LogP contribution in [-0.2, 0) is 31.1 Å². The normalized spacial score (nSPS) is 16.6. The van der Waals surface area contributed by atoms with Gasteiger partial charge in [-0.3, -0.25) is 0 Å². The van der Waals surface area contributed by atoms with Crippen LogP contribution in [0.4, 0.5) is 0 Å². The van der Waals surface area contributed by atoms with Crippen LogP contribution >= 0.6 is 0 Å². The molecule has 14 aromatic carbocycles. The summed E-state index contributed by atoms with van der Waals surface area (Å²) in [4.78, 5) is 0. The van der Waals surface area contributed by atoms with Gasteiger partial charge in [0.05, 0.1) is 0 Å². The standard InChI is InChI=1S/2C30H34.C28H22.2C23H24/c1-5-7-10-21(6-2)18-22-14-16-24-20(4)23-11-8-9-12-25(23)29-26-15-13-19(3)17-27(26)28(22)30(24)29;1-4-5-6-7-8-9-12-22-16-18-24-21(3)23-13-10-11-14-25(23)29-26-17-15-20(2)19-27(26)28(22)30(24)29;1-17-12-13-24-25(16-17)26-22(19-8-4-3-5-9-19)15-14-21-18(2)20-10-6-7-11-23(20)27(24)28(21)26;1-15-6-8-17-18-9-7-16(2)22-21(18)19(20(17)14-15)10-13-23(22)11-4-3-5-12-23;1-15-6-8-17-18-9-7-16(2)20-13-23(10-4-3-5-11-23)14-21(22(18)20)19(17)12-15/h8-9,11-13,15,17,21H,5-7,10,14,16,18H2,1-4H3;10-11,13-15,17,19H,4-9,12,16,18H2,1-3H3;3-13,16H,14-15H2,1-2H3;6-10,14H,3-5,11-13H2,1-2H3;6-9,12,14H,3-5,10-11,13H2,1-2H3. The van der Waals surface area contributed by atoms with E-state index in [4.69, 9.17) is 0 Å². The summed E-state index contributed by atoms with van der Waals surface area (Å²) in [6.07, 6.45) is 45.0. The summed E-state index contributed by atoms with van der Waals surface area (Å²) in [5.41, 5.74) is 67.2. The average Bonchev–Trinajstić information content (AvgIpc) is 1.58.